The highest BCUT2D eigenvalue weighted by molar-refractivity contribution is 5.76. The Hall–Kier alpha value is -2.64. The Morgan fingerprint density at radius 3 is 2.83 bits per heavy atom. The molecule has 3 atom stereocenters. The van der Waals surface area contributed by atoms with Gasteiger partial charge in [0.2, 0.25) is 5.91 Å². The van der Waals surface area contributed by atoms with Gasteiger partial charge in [-0.3, -0.25) is 14.6 Å². The summed E-state index contributed by atoms with van der Waals surface area (Å²) in [6.45, 7) is 5.75. The molecule has 2 bridgehead atoms. The van der Waals surface area contributed by atoms with Gasteiger partial charge in [-0.25, -0.2) is 9.89 Å². The summed E-state index contributed by atoms with van der Waals surface area (Å²) in [7, 11) is 0. The number of carbonyl (C=O) groups is 1. The van der Waals surface area contributed by atoms with Crippen molar-refractivity contribution in [1.82, 2.24) is 24.6 Å². The van der Waals surface area contributed by atoms with Gasteiger partial charge in [-0.15, -0.1) is 0 Å². The second-order valence-electron chi connectivity index (χ2n) is 8.81. The summed E-state index contributed by atoms with van der Waals surface area (Å²) in [5, 5.41) is 6.21. The Morgan fingerprint density at radius 2 is 2.10 bits per heavy atom. The molecule has 1 amide bonds. The number of aryl methyl sites for hydroxylation is 1. The third-order valence-corrected chi connectivity index (χ3v) is 6.32. The number of nitrogens with zero attached hydrogens (tertiary/aromatic N) is 3. The maximum atomic E-state index is 12.9. The van der Waals surface area contributed by atoms with E-state index in [0.29, 0.717) is 43.6 Å². The summed E-state index contributed by atoms with van der Waals surface area (Å²) >= 11 is 0. The fourth-order valence-electron chi connectivity index (χ4n) is 4.93. The molecule has 29 heavy (non-hydrogen) atoms. The minimum atomic E-state index is -0.352. The second kappa shape index (κ2) is 8.00. The van der Waals surface area contributed by atoms with Crippen LogP contribution in [0.3, 0.4) is 0 Å². The van der Waals surface area contributed by atoms with E-state index in [9.17, 15) is 14.4 Å². The zero-order valence-corrected chi connectivity index (χ0v) is 17.1. The normalized spacial score (nSPS) is 23.3. The van der Waals surface area contributed by atoms with Crippen molar-refractivity contribution in [2.75, 3.05) is 13.1 Å². The van der Waals surface area contributed by atoms with Crippen molar-refractivity contribution in [1.29, 1.82) is 0 Å². The lowest BCUT2D eigenvalue weighted by atomic mass is 9.76. The van der Waals surface area contributed by atoms with Gasteiger partial charge in [0.15, 0.2) is 0 Å². The number of H-pyrrole nitrogens is 2. The molecule has 2 aromatic rings. The monoisotopic (exact) mass is 399 g/mol. The highest BCUT2D eigenvalue weighted by Gasteiger charge is 2.41. The Bertz CT molecular complexity index is 988. The lowest BCUT2D eigenvalue weighted by Gasteiger charge is -2.47. The predicted molar refractivity (Wildman–Crippen MR) is 109 cm³/mol. The molecule has 0 saturated carbocycles. The molecule has 2 aromatic heterocycles. The number of carbonyl (C=O) groups excluding carboxylic acids is 1. The number of rotatable bonds is 6. The average molecular weight is 399 g/mol. The summed E-state index contributed by atoms with van der Waals surface area (Å²) in [5.74, 6) is 1.67. The topological polar surface area (TPSA) is 104 Å². The number of amides is 1. The molecule has 8 heteroatoms. The molecule has 0 unspecified atom stereocenters. The SMILES string of the molecule is CC(C)CC[C@H]1[C@H]2C[C@H](CN(C(=O)CCc3n[nH]c(=O)[nH]3)C2)c2cccc(=O)n21. The fraction of sp³-hybridized carbons (Fsp3) is 0.619. The van der Waals surface area contributed by atoms with E-state index < -0.39 is 0 Å². The van der Waals surface area contributed by atoms with Crippen LogP contribution >= 0.6 is 0 Å². The van der Waals surface area contributed by atoms with E-state index >= 15 is 0 Å². The predicted octanol–water partition coefficient (Wildman–Crippen LogP) is 1.82. The first kappa shape index (κ1) is 19.7. The molecule has 1 saturated heterocycles. The summed E-state index contributed by atoms with van der Waals surface area (Å²) < 4.78 is 2.01. The van der Waals surface area contributed by atoms with Gasteiger partial charge in [0.05, 0.1) is 0 Å². The molecule has 0 aromatic carbocycles. The van der Waals surface area contributed by atoms with Crippen molar-refractivity contribution in [3.05, 3.63) is 50.6 Å². The van der Waals surface area contributed by atoms with Crippen LogP contribution in [0.2, 0.25) is 0 Å². The van der Waals surface area contributed by atoms with Crippen molar-refractivity contribution in [3.63, 3.8) is 0 Å². The lowest BCUT2D eigenvalue weighted by Crippen LogP contribution is -2.51. The van der Waals surface area contributed by atoms with Gasteiger partial charge in [0.25, 0.3) is 5.56 Å². The zero-order chi connectivity index (χ0) is 20.5. The largest absolute Gasteiger partial charge is 0.342 e. The molecular weight excluding hydrogens is 370 g/mol. The third kappa shape index (κ3) is 4.06. The van der Waals surface area contributed by atoms with Crippen molar-refractivity contribution in [2.45, 2.75) is 57.9 Å². The van der Waals surface area contributed by atoms with Crippen LogP contribution in [0.25, 0.3) is 0 Å². The number of nitrogens with one attached hydrogen (secondary N) is 2. The highest BCUT2D eigenvalue weighted by Crippen LogP contribution is 2.43. The maximum absolute atomic E-state index is 12.9. The van der Waals surface area contributed by atoms with Gasteiger partial charge < -0.3 is 9.47 Å². The number of aromatic amines is 2. The van der Waals surface area contributed by atoms with Crippen LogP contribution in [0.1, 0.15) is 63.0 Å². The van der Waals surface area contributed by atoms with E-state index in [2.05, 4.69) is 29.0 Å². The first-order chi connectivity index (χ1) is 13.9. The molecule has 8 nitrogen and oxygen atoms in total. The van der Waals surface area contributed by atoms with Crippen LogP contribution < -0.4 is 11.2 Å². The number of fused-ring (bicyclic) bond motifs is 4. The van der Waals surface area contributed by atoms with Crippen molar-refractivity contribution in [3.8, 4) is 0 Å². The standard InChI is InChI=1S/C21H29N5O3/c1-13(2)6-7-17-15-10-14(16-4-3-5-20(28)26(16)17)11-25(12-15)19(27)9-8-18-22-21(29)24-23-18/h3-5,13-15,17H,6-12H2,1-2H3,(H2,22,23,24,29)/t14-,15+,17+/m1/s1. The minimum Gasteiger partial charge on any atom is -0.342 e. The molecule has 2 N–H and O–H groups in total. The van der Waals surface area contributed by atoms with Gasteiger partial charge in [0.1, 0.15) is 5.82 Å². The van der Waals surface area contributed by atoms with Crippen LogP contribution in [-0.4, -0.2) is 43.6 Å². The van der Waals surface area contributed by atoms with Crippen LogP contribution in [0, 0.1) is 11.8 Å². The maximum Gasteiger partial charge on any atom is 0.340 e. The molecule has 156 valence electrons. The fourth-order valence-corrected chi connectivity index (χ4v) is 4.93. The number of likely N-dealkylation sites (tertiary alicyclic amines) is 1. The number of pyridine rings is 1. The van der Waals surface area contributed by atoms with E-state index in [1.807, 2.05) is 21.6 Å². The first-order valence-corrected chi connectivity index (χ1v) is 10.5. The van der Waals surface area contributed by atoms with Gasteiger partial charge in [0, 0.05) is 49.7 Å². The van der Waals surface area contributed by atoms with Crippen molar-refractivity contribution in [2.24, 2.45) is 11.8 Å². The highest BCUT2D eigenvalue weighted by atomic mass is 16.2. The number of aromatic nitrogens is 4. The lowest BCUT2D eigenvalue weighted by molar-refractivity contribution is -0.134. The van der Waals surface area contributed by atoms with Crippen LogP contribution in [0.5, 0.6) is 0 Å². The third-order valence-electron chi connectivity index (χ3n) is 6.32. The van der Waals surface area contributed by atoms with Crippen molar-refractivity contribution >= 4 is 5.91 Å². The average Bonchev–Trinajstić information content (AvgIpc) is 3.11. The Labute approximate surface area is 169 Å². The van der Waals surface area contributed by atoms with E-state index in [-0.39, 0.29) is 29.1 Å². The van der Waals surface area contributed by atoms with Crippen LogP contribution in [-0.2, 0) is 11.2 Å². The minimum absolute atomic E-state index is 0.0771. The number of piperidine rings is 1. The summed E-state index contributed by atoms with van der Waals surface area (Å²) in [5.41, 5.74) is 0.792. The van der Waals surface area contributed by atoms with Gasteiger partial charge in [-0.1, -0.05) is 19.9 Å². The second-order valence-corrected chi connectivity index (χ2v) is 8.81. The summed E-state index contributed by atoms with van der Waals surface area (Å²) in [4.78, 5) is 41.3. The zero-order valence-electron chi connectivity index (χ0n) is 17.1. The van der Waals surface area contributed by atoms with Gasteiger partial charge >= 0.3 is 5.69 Å². The molecular formula is C21H29N5O3. The van der Waals surface area contributed by atoms with Crippen LogP contribution in [0.15, 0.2) is 27.8 Å². The van der Waals surface area contributed by atoms with Crippen molar-refractivity contribution < 1.29 is 4.79 Å². The molecule has 2 aliphatic heterocycles. The van der Waals surface area contributed by atoms with Gasteiger partial charge in [-0.2, -0.15) is 5.10 Å². The molecule has 4 heterocycles. The molecule has 0 spiro atoms. The van der Waals surface area contributed by atoms with E-state index in [0.717, 1.165) is 25.0 Å². The molecule has 1 fully saturated rings. The molecule has 0 radical (unpaired) electrons. The quantitative estimate of drug-likeness (QED) is 0.773. The van der Waals surface area contributed by atoms with E-state index in [4.69, 9.17) is 0 Å². The Morgan fingerprint density at radius 1 is 1.28 bits per heavy atom. The Balaban J connectivity index is 1.53. The van der Waals surface area contributed by atoms with E-state index in [1.54, 1.807) is 6.07 Å². The van der Waals surface area contributed by atoms with Gasteiger partial charge in [-0.05, 0) is 37.2 Å². The first-order valence-electron chi connectivity index (χ1n) is 10.5. The Kier molecular flexibility index (Phi) is 5.43. The summed E-state index contributed by atoms with van der Waals surface area (Å²) in [6.07, 6.45) is 3.78. The number of hydrogen-bond acceptors (Lipinski definition) is 4. The number of hydrogen-bond donors (Lipinski definition) is 2. The smallest absolute Gasteiger partial charge is 0.340 e. The van der Waals surface area contributed by atoms with E-state index in [1.165, 1.54) is 0 Å². The molecule has 2 aliphatic rings. The molecule has 0 aliphatic carbocycles. The summed E-state index contributed by atoms with van der Waals surface area (Å²) in [6, 6.07) is 5.69. The molecule has 4 rings (SSSR count). The van der Waals surface area contributed by atoms with Crippen LogP contribution in [0.4, 0.5) is 0 Å².